The van der Waals surface area contributed by atoms with Gasteiger partial charge in [-0.1, -0.05) is 6.92 Å². The van der Waals surface area contributed by atoms with Gasteiger partial charge in [-0.2, -0.15) is 0 Å². The minimum absolute atomic E-state index is 0.266. The number of aryl methyl sites for hydroxylation is 2. The Hall–Kier alpha value is -1.32. The predicted octanol–water partition coefficient (Wildman–Crippen LogP) is 1.58. The molecular formula is C10H16N2O2. The lowest BCUT2D eigenvalue weighted by molar-refractivity contribution is -0.144. The van der Waals surface area contributed by atoms with E-state index in [2.05, 4.69) is 11.9 Å². The summed E-state index contributed by atoms with van der Waals surface area (Å²) in [6, 6.07) is 0. The second-order valence-electron chi connectivity index (χ2n) is 3.24. The molecule has 0 amide bonds. The Kier molecular flexibility index (Phi) is 3.28. The highest BCUT2D eigenvalue weighted by atomic mass is 16.5. The van der Waals surface area contributed by atoms with Crippen LogP contribution >= 0.6 is 0 Å². The van der Waals surface area contributed by atoms with E-state index >= 15 is 0 Å². The molecule has 0 aliphatic carbocycles. The van der Waals surface area contributed by atoms with Crippen LogP contribution in [0.4, 0.5) is 0 Å². The van der Waals surface area contributed by atoms with Crippen LogP contribution < -0.4 is 0 Å². The van der Waals surface area contributed by atoms with Crippen LogP contribution in [-0.2, 0) is 22.7 Å². The molecule has 4 nitrogen and oxygen atoms in total. The summed E-state index contributed by atoms with van der Waals surface area (Å²) in [5, 5.41) is 0. The zero-order valence-corrected chi connectivity index (χ0v) is 9.13. The lowest BCUT2D eigenvalue weighted by atomic mass is 10.3. The number of hydrogen-bond acceptors (Lipinski definition) is 3. The van der Waals surface area contributed by atoms with E-state index < -0.39 is 0 Å². The number of esters is 1. The van der Waals surface area contributed by atoms with E-state index in [1.165, 1.54) is 6.92 Å². The number of rotatable bonds is 3. The molecule has 0 spiro atoms. The number of imidazole rings is 1. The third kappa shape index (κ3) is 2.13. The van der Waals surface area contributed by atoms with Gasteiger partial charge in [0.2, 0.25) is 0 Å². The summed E-state index contributed by atoms with van der Waals surface area (Å²) < 4.78 is 6.88. The fraction of sp³-hybridized carbons (Fsp3) is 0.600. The molecular weight excluding hydrogens is 180 g/mol. The highest BCUT2D eigenvalue weighted by molar-refractivity contribution is 5.65. The first-order valence-corrected chi connectivity index (χ1v) is 4.72. The lowest BCUT2D eigenvalue weighted by Gasteiger charge is -2.08. The molecule has 1 rings (SSSR count). The Morgan fingerprint density at radius 2 is 2.14 bits per heavy atom. The van der Waals surface area contributed by atoms with Crippen LogP contribution in [0.15, 0.2) is 0 Å². The SMILES string of the molecule is CCc1c(C)nc(C)n1COC(C)=O. The third-order valence-electron chi connectivity index (χ3n) is 2.20. The van der Waals surface area contributed by atoms with E-state index in [4.69, 9.17) is 4.74 Å². The van der Waals surface area contributed by atoms with Crippen LogP contribution in [0.3, 0.4) is 0 Å². The van der Waals surface area contributed by atoms with Gasteiger partial charge in [-0.05, 0) is 20.3 Å². The van der Waals surface area contributed by atoms with Gasteiger partial charge in [-0.25, -0.2) is 4.98 Å². The summed E-state index contributed by atoms with van der Waals surface area (Å²) in [7, 11) is 0. The fourth-order valence-corrected chi connectivity index (χ4v) is 1.53. The van der Waals surface area contributed by atoms with Crippen LogP contribution in [0.5, 0.6) is 0 Å². The van der Waals surface area contributed by atoms with E-state index in [0.29, 0.717) is 0 Å². The smallest absolute Gasteiger partial charge is 0.304 e. The van der Waals surface area contributed by atoms with Gasteiger partial charge in [0.05, 0.1) is 5.69 Å². The molecule has 1 aromatic heterocycles. The van der Waals surface area contributed by atoms with Crippen LogP contribution in [0.2, 0.25) is 0 Å². The van der Waals surface area contributed by atoms with Gasteiger partial charge in [0, 0.05) is 12.6 Å². The molecule has 0 radical (unpaired) electrons. The van der Waals surface area contributed by atoms with Crippen molar-refractivity contribution in [2.24, 2.45) is 0 Å². The molecule has 0 aliphatic heterocycles. The van der Waals surface area contributed by atoms with Crippen molar-refractivity contribution < 1.29 is 9.53 Å². The largest absolute Gasteiger partial charge is 0.444 e. The maximum atomic E-state index is 10.7. The molecule has 0 N–H and O–H groups in total. The Morgan fingerprint density at radius 3 is 2.64 bits per heavy atom. The first-order valence-electron chi connectivity index (χ1n) is 4.72. The zero-order chi connectivity index (χ0) is 10.7. The summed E-state index contributed by atoms with van der Waals surface area (Å²) >= 11 is 0. The predicted molar refractivity (Wildman–Crippen MR) is 52.8 cm³/mol. The Bertz CT molecular complexity index is 342. The number of hydrogen-bond donors (Lipinski definition) is 0. The Morgan fingerprint density at radius 1 is 1.50 bits per heavy atom. The van der Waals surface area contributed by atoms with E-state index in [1.807, 2.05) is 18.4 Å². The van der Waals surface area contributed by atoms with Crippen LogP contribution in [0.1, 0.15) is 31.1 Å². The molecule has 14 heavy (non-hydrogen) atoms. The zero-order valence-electron chi connectivity index (χ0n) is 9.13. The van der Waals surface area contributed by atoms with Gasteiger partial charge < -0.3 is 4.74 Å². The molecule has 1 aromatic rings. The fourth-order valence-electron chi connectivity index (χ4n) is 1.53. The molecule has 0 aliphatic rings. The molecule has 0 fully saturated rings. The molecule has 78 valence electrons. The van der Waals surface area contributed by atoms with Crippen molar-refractivity contribution in [3.8, 4) is 0 Å². The number of carbonyl (C=O) groups is 1. The number of nitrogens with zero attached hydrogens (tertiary/aromatic N) is 2. The quantitative estimate of drug-likeness (QED) is 0.689. The molecule has 0 saturated carbocycles. The maximum Gasteiger partial charge on any atom is 0.304 e. The van der Waals surface area contributed by atoms with Gasteiger partial charge in [0.15, 0.2) is 6.73 Å². The van der Waals surface area contributed by atoms with Gasteiger partial charge in [0.25, 0.3) is 0 Å². The first kappa shape index (κ1) is 10.8. The molecule has 0 unspecified atom stereocenters. The topological polar surface area (TPSA) is 44.1 Å². The van der Waals surface area contributed by atoms with E-state index in [9.17, 15) is 4.79 Å². The summed E-state index contributed by atoms with van der Waals surface area (Å²) in [5.74, 6) is 0.624. The average molecular weight is 196 g/mol. The molecule has 0 aromatic carbocycles. The molecule has 0 saturated heterocycles. The first-order chi connectivity index (χ1) is 6.56. The van der Waals surface area contributed by atoms with Crippen molar-refractivity contribution in [1.82, 2.24) is 9.55 Å². The second kappa shape index (κ2) is 4.26. The lowest BCUT2D eigenvalue weighted by Crippen LogP contribution is -2.10. The highest BCUT2D eigenvalue weighted by Gasteiger charge is 2.09. The number of carbonyl (C=O) groups excluding carboxylic acids is 1. The van der Waals surface area contributed by atoms with Crippen molar-refractivity contribution in [1.29, 1.82) is 0 Å². The van der Waals surface area contributed by atoms with Crippen LogP contribution in [-0.4, -0.2) is 15.5 Å². The second-order valence-corrected chi connectivity index (χ2v) is 3.24. The van der Waals surface area contributed by atoms with Crippen LogP contribution in [0, 0.1) is 13.8 Å². The van der Waals surface area contributed by atoms with Gasteiger partial charge in [0.1, 0.15) is 5.82 Å². The van der Waals surface area contributed by atoms with E-state index in [0.717, 1.165) is 23.6 Å². The van der Waals surface area contributed by atoms with Crippen molar-refractivity contribution in [2.45, 2.75) is 40.8 Å². The van der Waals surface area contributed by atoms with Gasteiger partial charge in [-0.15, -0.1) is 0 Å². The van der Waals surface area contributed by atoms with E-state index in [-0.39, 0.29) is 12.7 Å². The minimum atomic E-state index is -0.266. The average Bonchev–Trinajstić information content (AvgIpc) is 2.36. The summed E-state index contributed by atoms with van der Waals surface area (Å²) in [5.41, 5.74) is 2.14. The number of aromatic nitrogens is 2. The van der Waals surface area contributed by atoms with Gasteiger partial charge in [-0.3, -0.25) is 9.36 Å². The maximum absolute atomic E-state index is 10.7. The third-order valence-corrected chi connectivity index (χ3v) is 2.20. The standard InChI is InChI=1S/C10H16N2O2/c1-5-10-7(2)11-8(3)12(10)6-14-9(4)13/h5-6H2,1-4H3. The van der Waals surface area contributed by atoms with Crippen molar-refractivity contribution in [2.75, 3.05) is 0 Å². The summed E-state index contributed by atoms with van der Waals surface area (Å²) in [4.78, 5) is 15.0. The Labute approximate surface area is 83.9 Å². The van der Waals surface area contributed by atoms with Crippen LogP contribution in [0.25, 0.3) is 0 Å². The molecule has 4 heteroatoms. The van der Waals surface area contributed by atoms with E-state index in [1.54, 1.807) is 0 Å². The summed E-state index contributed by atoms with van der Waals surface area (Å²) in [6.07, 6.45) is 0.897. The van der Waals surface area contributed by atoms with Crippen molar-refractivity contribution >= 4 is 5.97 Å². The molecule has 0 atom stereocenters. The highest BCUT2D eigenvalue weighted by Crippen LogP contribution is 2.11. The molecule has 0 bridgehead atoms. The Balaban J connectivity index is 2.88. The van der Waals surface area contributed by atoms with Gasteiger partial charge >= 0.3 is 5.97 Å². The normalized spacial score (nSPS) is 10.3. The minimum Gasteiger partial charge on any atom is -0.444 e. The number of ether oxygens (including phenoxy) is 1. The van der Waals surface area contributed by atoms with Crippen molar-refractivity contribution in [3.05, 3.63) is 17.2 Å². The van der Waals surface area contributed by atoms with Crippen molar-refractivity contribution in [3.63, 3.8) is 0 Å². The summed E-state index contributed by atoms with van der Waals surface area (Å²) in [6.45, 7) is 7.62. The monoisotopic (exact) mass is 196 g/mol. The molecule has 1 heterocycles.